The van der Waals surface area contributed by atoms with Crippen molar-refractivity contribution in [1.29, 1.82) is 0 Å². The summed E-state index contributed by atoms with van der Waals surface area (Å²) in [5.74, 6) is 0. The molecular formula is C20H44NO3P. The topological polar surface area (TPSA) is 47.6 Å². The van der Waals surface area contributed by atoms with Gasteiger partial charge in [-0.3, -0.25) is 0 Å². The molecule has 0 aliphatic carbocycles. The maximum Gasteiger partial charge on any atom is 0.404 e. The predicted octanol–water partition coefficient (Wildman–Crippen LogP) is 7.24. The third-order valence-electron chi connectivity index (χ3n) is 4.82. The van der Waals surface area contributed by atoms with E-state index in [1.54, 1.807) is 0 Å². The fourth-order valence-electron chi connectivity index (χ4n) is 3.09. The number of hydrogen-bond donors (Lipinski definition) is 1. The summed E-state index contributed by atoms with van der Waals surface area (Å²) >= 11 is 0. The molecule has 4 nitrogen and oxygen atoms in total. The van der Waals surface area contributed by atoms with Crippen LogP contribution in [0.25, 0.3) is 0 Å². The summed E-state index contributed by atoms with van der Waals surface area (Å²) in [4.78, 5) is 0. The van der Waals surface area contributed by atoms with Crippen molar-refractivity contribution < 1.29 is 13.6 Å². The van der Waals surface area contributed by atoms with E-state index >= 15 is 0 Å². The molecule has 5 heteroatoms. The van der Waals surface area contributed by atoms with E-state index in [2.05, 4.69) is 12.0 Å². The Hall–Kier alpha value is 0.110. The molecule has 1 N–H and O–H groups in total. The fraction of sp³-hybridized carbons (Fsp3) is 1.00. The Morgan fingerprint density at radius 1 is 0.600 bits per heavy atom. The average Bonchev–Trinajstić information content (AvgIpc) is 2.64. The lowest BCUT2D eigenvalue weighted by molar-refractivity contribution is 0.264. The molecule has 0 rings (SSSR count). The van der Waals surface area contributed by atoms with Crippen LogP contribution in [0, 0.1) is 0 Å². The molecule has 25 heavy (non-hydrogen) atoms. The number of unbranched alkanes of at least 4 members (excludes halogenated alkanes) is 15. The molecule has 0 aromatic heterocycles. The number of nitrogens with one attached hydrogen (secondary N) is 1. The lowest BCUT2D eigenvalue weighted by atomic mass is 10.0. The second kappa shape index (κ2) is 18.9. The molecule has 0 radical (unpaired) electrons. The lowest BCUT2D eigenvalue weighted by Gasteiger charge is -2.14. The van der Waals surface area contributed by atoms with Crippen LogP contribution in [0.15, 0.2) is 0 Å². The number of rotatable bonds is 20. The molecule has 0 saturated carbocycles. The first-order valence-electron chi connectivity index (χ1n) is 10.6. The molecule has 0 aromatic rings. The molecule has 0 aromatic carbocycles. The van der Waals surface area contributed by atoms with Crippen LogP contribution in [-0.4, -0.2) is 20.8 Å². The van der Waals surface area contributed by atoms with Crippen LogP contribution >= 0.6 is 7.75 Å². The zero-order valence-corrected chi connectivity index (χ0v) is 18.1. The smallest absolute Gasteiger partial charge is 0.300 e. The van der Waals surface area contributed by atoms with Crippen LogP contribution in [0.1, 0.15) is 110 Å². The van der Waals surface area contributed by atoms with Crippen molar-refractivity contribution in [3.63, 3.8) is 0 Å². The van der Waals surface area contributed by atoms with Gasteiger partial charge in [0.2, 0.25) is 0 Å². The Labute approximate surface area is 157 Å². The summed E-state index contributed by atoms with van der Waals surface area (Å²) in [5, 5.41) is 2.86. The summed E-state index contributed by atoms with van der Waals surface area (Å²) in [5.41, 5.74) is 0. The third-order valence-corrected chi connectivity index (χ3v) is 6.39. The minimum atomic E-state index is -3.02. The second-order valence-corrected chi connectivity index (χ2v) is 9.12. The van der Waals surface area contributed by atoms with Gasteiger partial charge in [-0.15, -0.1) is 0 Å². The first-order valence-corrected chi connectivity index (χ1v) is 12.2. The van der Waals surface area contributed by atoms with Gasteiger partial charge in [0.15, 0.2) is 0 Å². The van der Waals surface area contributed by atoms with Gasteiger partial charge in [0.25, 0.3) is 0 Å². The Morgan fingerprint density at radius 2 is 0.920 bits per heavy atom. The van der Waals surface area contributed by atoms with E-state index in [4.69, 9.17) is 9.05 Å². The van der Waals surface area contributed by atoms with Gasteiger partial charge >= 0.3 is 7.75 Å². The maximum absolute atomic E-state index is 11.8. The van der Waals surface area contributed by atoms with Crippen molar-refractivity contribution in [2.24, 2.45) is 0 Å². The molecule has 0 spiro atoms. The molecule has 0 atom stereocenters. The summed E-state index contributed by atoms with van der Waals surface area (Å²) in [6.45, 7) is 2.97. The fourth-order valence-corrected chi connectivity index (χ4v) is 3.93. The monoisotopic (exact) mass is 377 g/mol. The van der Waals surface area contributed by atoms with E-state index in [-0.39, 0.29) is 0 Å². The molecule has 0 heterocycles. The van der Waals surface area contributed by atoms with Crippen LogP contribution < -0.4 is 5.09 Å². The molecule has 0 aliphatic heterocycles. The summed E-state index contributed by atoms with van der Waals surface area (Å²) in [6, 6.07) is 0. The molecule has 0 aliphatic rings. The SMILES string of the molecule is CCCCCCCCCCCCCCCCCCNP(=O)(OC)OC. The average molecular weight is 378 g/mol. The highest BCUT2D eigenvalue weighted by Gasteiger charge is 2.18. The predicted molar refractivity (Wildman–Crippen MR) is 109 cm³/mol. The van der Waals surface area contributed by atoms with Gasteiger partial charge in [0.1, 0.15) is 0 Å². The van der Waals surface area contributed by atoms with Gasteiger partial charge in [0, 0.05) is 20.8 Å². The van der Waals surface area contributed by atoms with Crippen molar-refractivity contribution >= 4 is 7.75 Å². The van der Waals surface area contributed by atoms with E-state index in [1.165, 1.54) is 111 Å². The van der Waals surface area contributed by atoms with Crippen LogP contribution in [-0.2, 0) is 13.6 Å². The van der Waals surface area contributed by atoms with Crippen molar-refractivity contribution in [3.05, 3.63) is 0 Å². The van der Waals surface area contributed by atoms with Gasteiger partial charge < -0.3 is 9.05 Å². The van der Waals surface area contributed by atoms with Gasteiger partial charge in [-0.05, 0) is 6.42 Å². The molecule has 0 unspecified atom stereocenters. The van der Waals surface area contributed by atoms with E-state index in [9.17, 15) is 4.57 Å². The first-order chi connectivity index (χ1) is 12.2. The van der Waals surface area contributed by atoms with Crippen LogP contribution in [0.2, 0.25) is 0 Å². The summed E-state index contributed by atoms with van der Waals surface area (Å²) < 4.78 is 21.4. The Bertz CT molecular complexity index is 305. The zero-order valence-electron chi connectivity index (χ0n) is 17.2. The molecule has 152 valence electrons. The summed E-state index contributed by atoms with van der Waals surface area (Å²) in [7, 11) is -0.206. The van der Waals surface area contributed by atoms with Crippen LogP contribution in [0.3, 0.4) is 0 Å². The minimum absolute atomic E-state index is 0.692. The minimum Gasteiger partial charge on any atom is -0.300 e. The van der Waals surface area contributed by atoms with Crippen LogP contribution in [0.5, 0.6) is 0 Å². The van der Waals surface area contributed by atoms with E-state index in [0.717, 1.165) is 6.42 Å². The maximum atomic E-state index is 11.8. The quantitative estimate of drug-likeness (QED) is 0.179. The van der Waals surface area contributed by atoms with E-state index < -0.39 is 7.75 Å². The Morgan fingerprint density at radius 3 is 1.24 bits per heavy atom. The number of hydrogen-bond acceptors (Lipinski definition) is 3. The van der Waals surface area contributed by atoms with Crippen LogP contribution in [0.4, 0.5) is 0 Å². The van der Waals surface area contributed by atoms with E-state index in [1.807, 2.05) is 0 Å². The molecule has 0 amide bonds. The van der Waals surface area contributed by atoms with Crippen molar-refractivity contribution in [3.8, 4) is 0 Å². The second-order valence-electron chi connectivity index (χ2n) is 7.07. The lowest BCUT2D eigenvalue weighted by Crippen LogP contribution is -2.14. The van der Waals surface area contributed by atoms with Gasteiger partial charge in [0.05, 0.1) is 0 Å². The van der Waals surface area contributed by atoms with Gasteiger partial charge in [-0.1, -0.05) is 103 Å². The van der Waals surface area contributed by atoms with Gasteiger partial charge in [-0.25, -0.2) is 9.65 Å². The molecular weight excluding hydrogens is 333 g/mol. The van der Waals surface area contributed by atoms with Gasteiger partial charge in [-0.2, -0.15) is 0 Å². The zero-order chi connectivity index (χ0) is 18.6. The summed E-state index contributed by atoms with van der Waals surface area (Å²) in [6.07, 6.45) is 21.8. The highest BCUT2D eigenvalue weighted by Crippen LogP contribution is 2.41. The standard InChI is InChI=1S/C20H44NO3P/c1-4-5-6-7-8-9-10-11-12-13-14-15-16-17-18-19-20-21-25(22,23-2)24-3/h4-20H2,1-3H3,(H,21,22). The highest BCUT2D eigenvalue weighted by atomic mass is 31.2. The van der Waals surface area contributed by atoms with Crippen molar-refractivity contribution in [2.45, 2.75) is 110 Å². The van der Waals surface area contributed by atoms with Crippen molar-refractivity contribution in [1.82, 2.24) is 5.09 Å². The molecule has 0 fully saturated rings. The van der Waals surface area contributed by atoms with E-state index in [0.29, 0.717) is 6.54 Å². The Balaban J connectivity index is 3.13. The largest absolute Gasteiger partial charge is 0.404 e. The van der Waals surface area contributed by atoms with Crippen molar-refractivity contribution in [2.75, 3.05) is 20.8 Å². The normalized spacial score (nSPS) is 12.0. The molecule has 0 bridgehead atoms. The first kappa shape index (κ1) is 25.1. The Kier molecular flexibility index (Phi) is 19.0. The highest BCUT2D eigenvalue weighted by molar-refractivity contribution is 7.51. The molecule has 0 saturated heterocycles. The third kappa shape index (κ3) is 17.3.